The van der Waals surface area contributed by atoms with Gasteiger partial charge in [-0.15, -0.1) is 11.8 Å². The summed E-state index contributed by atoms with van der Waals surface area (Å²) in [6.07, 6.45) is -11.8. The van der Waals surface area contributed by atoms with E-state index in [1.54, 1.807) is 121 Å². The van der Waals surface area contributed by atoms with E-state index < -0.39 is 90.7 Å². The van der Waals surface area contributed by atoms with E-state index in [0.29, 0.717) is 22.4 Å². The second-order valence-corrected chi connectivity index (χ2v) is 16.6. The lowest BCUT2D eigenvalue weighted by Crippen LogP contribution is -2.67. The number of thioether (sulfide) groups is 1. The van der Waals surface area contributed by atoms with E-state index in [9.17, 15) is 19.2 Å². The minimum Gasteiger partial charge on any atom is -0.459 e. The number of carbonyl (C=O) groups excluding carboxylic acids is 4. The summed E-state index contributed by atoms with van der Waals surface area (Å²) in [7, 11) is 1.43. The number of esters is 4. The van der Waals surface area contributed by atoms with Gasteiger partial charge in [-0.1, -0.05) is 110 Å². The van der Waals surface area contributed by atoms with Crippen molar-refractivity contribution in [3.63, 3.8) is 0 Å². The molecule has 0 aromatic heterocycles. The van der Waals surface area contributed by atoms with E-state index in [1.165, 1.54) is 18.9 Å². The molecule has 3 heterocycles. The van der Waals surface area contributed by atoms with Gasteiger partial charge in [-0.3, -0.25) is 0 Å². The lowest BCUT2D eigenvalue weighted by atomic mass is 9.95. The van der Waals surface area contributed by atoms with Gasteiger partial charge in [0.15, 0.2) is 30.9 Å². The third-order valence-corrected chi connectivity index (χ3v) is 12.0. The smallest absolute Gasteiger partial charge is 0.338 e. The average molecular weight is 905 g/mol. The number of hydrogen-bond donors (Lipinski definition) is 0. The molecule has 3 aliphatic rings. The Hall–Kier alpha value is -5.91. The molecule has 11 atom stereocenters. The predicted molar refractivity (Wildman–Crippen MR) is 235 cm³/mol. The maximum Gasteiger partial charge on any atom is 0.338 e. The van der Waals surface area contributed by atoms with Gasteiger partial charge in [0.25, 0.3) is 0 Å². The van der Waals surface area contributed by atoms with Crippen LogP contribution in [-0.4, -0.2) is 111 Å². The Morgan fingerprint density at radius 1 is 0.554 bits per heavy atom. The lowest BCUT2D eigenvalue weighted by Gasteiger charge is -2.50. The maximum atomic E-state index is 14.1. The Kier molecular flexibility index (Phi) is 15.3. The molecule has 0 spiro atoms. The van der Waals surface area contributed by atoms with Crippen molar-refractivity contribution < 1.29 is 66.5 Å². The molecule has 0 bridgehead atoms. The monoisotopic (exact) mass is 904 g/mol. The van der Waals surface area contributed by atoms with Gasteiger partial charge in [0.05, 0.1) is 28.9 Å². The van der Waals surface area contributed by atoms with Crippen molar-refractivity contribution in [2.45, 2.75) is 73.8 Å². The second-order valence-electron chi connectivity index (χ2n) is 15.2. The summed E-state index contributed by atoms with van der Waals surface area (Å²) in [4.78, 5) is 55.3. The predicted octanol–water partition coefficient (Wildman–Crippen LogP) is 7.24. The molecule has 0 saturated carbocycles. The first-order valence-corrected chi connectivity index (χ1v) is 22.3. The highest BCUT2D eigenvalue weighted by Gasteiger charge is 2.58. The summed E-state index contributed by atoms with van der Waals surface area (Å²) in [6.45, 7) is 1.52. The van der Waals surface area contributed by atoms with Crippen molar-refractivity contribution in [1.82, 2.24) is 0 Å². The van der Waals surface area contributed by atoms with Crippen molar-refractivity contribution >= 4 is 35.6 Å². The van der Waals surface area contributed by atoms with Crippen molar-refractivity contribution in [2.75, 3.05) is 26.1 Å². The fourth-order valence-electron chi connectivity index (χ4n) is 7.83. The van der Waals surface area contributed by atoms with Crippen LogP contribution in [0.1, 0.15) is 60.2 Å². The Bertz CT molecular complexity index is 2320. The van der Waals surface area contributed by atoms with Gasteiger partial charge in [-0.2, -0.15) is 0 Å². The zero-order chi connectivity index (χ0) is 45.1. The first-order valence-electron chi connectivity index (χ1n) is 21.2. The van der Waals surface area contributed by atoms with E-state index in [4.69, 9.17) is 47.4 Å². The number of carbonyl (C=O) groups is 4. The van der Waals surface area contributed by atoms with Crippen LogP contribution in [0.15, 0.2) is 152 Å². The largest absolute Gasteiger partial charge is 0.459 e. The minimum absolute atomic E-state index is 0.0532. The van der Waals surface area contributed by atoms with Gasteiger partial charge in [0, 0.05) is 12.7 Å². The van der Waals surface area contributed by atoms with Gasteiger partial charge >= 0.3 is 23.9 Å². The first kappa shape index (κ1) is 45.7. The summed E-state index contributed by atoms with van der Waals surface area (Å²) in [5, 5.41) is 0. The quantitative estimate of drug-likeness (QED) is 0.0764. The van der Waals surface area contributed by atoms with Crippen LogP contribution >= 0.6 is 11.8 Å². The SMILES string of the molecule is CCS[C@@H]1O[C@@H](COC(=O)c2ccccc2)[C@@H](O[C@H]2O[C@H]3COC(c4ccccc4)O[C@H]3C(OC(=O)c3ccccc3)C2OC(=O)c2ccccc2)C(OC)C1OC(=O)c1ccccc1. The highest BCUT2D eigenvalue weighted by Crippen LogP contribution is 2.40. The van der Waals surface area contributed by atoms with Gasteiger partial charge in [0.1, 0.15) is 42.6 Å². The minimum atomic E-state index is -1.54. The highest BCUT2D eigenvalue weighted by atomic mass is 32.2. The van der Waals surface area contributed by atoms with E-state index in [2.05, 4.69) is 0 Å². The maximum absolute atomic E-state index is 14.1. The van der Waals surface area contributed by atoms with E-state index >= 15 is 0 Å². The molecule has 0 aliphatic carbocycles. The molecule has 14 nitrogen and oxygen atoms in total. The molecule has 338 valence electrons. The number of hydrogen-bond acceptors (Lipinski definition) is 15. The summed E-state index contributed by atoms with van der Waals surface area (Å²) >= 11 is 1.36. The molecule has 5 unspecified atom stereocenters. The number of benzene rings is 5. The standard InChI is InChI=1S/C50H48O14S/c1-3-65-50-43(62-47(54)34-25-15-7-16-26-34)40(55-2)38(37(59-50)29-56-44(51)31-19-9-4-10-20-31)64-49-42(61-46(53)33-23-13-6-14-24-33)41(60-45(52)32-21-11-5-12-22-32)39-36(58-49)30-57-48(63-39)35-27-17-8-18-28-35/h4-28,36-43,48-50H,3,29-30H2,1-2H3/t36-,37-,38+,39+,40?,41?,42?,43?,48?,49+,50-/m0/s1. The number of fused-ring (bicyclic) bond motifs is 1. The molecule has 0 radical (unpaired) electrons. The van der Waals surface area contributed by atoms with Gasteiger partial charge in [-0.25, -0.2) is 19.2 Å². The molecule has 5 aromatic carbocycles. The van der Waals surface area contributed by atoms with Crippen LogP contribution in [0.25, 0.3) is 0 Å². The van der Waals surface area contributed by atoms with E-state index in [0.717, 1.165) is 0 Å². The third kappa shape index (κ3) is 11.0. The number of rotatable bonds is 15. The molecular weight excluding hydrogens is 857 g/mol. The highest BCUT2D eigenvalue weighted by molar-refractivity contribution is 7.99. The number of methoxy groups -OCH3 is 1. The van der Waals surface area contributed by atoms with Crippen molar-refractivity contribution in [2.24, 2.45) is 0 Å². The Morgan fingerprint density at radius 3 is 1.54 bits per heavy atom. The van der Waals surface area contributed by atoms with Crippen LogP contribution < -0.4 is 0 Å². The zero-order valence-electron chi connectivity index (χ0n) is 35.5. The second kappa shape index (κ2) is 21.8. The lowest BCUT2D eigenvalue weighted by molar-refractivity contribution is -0.376. The van der Waals surface area contributed by atoms with Crippen molar-refractivity contribution in [1.29, 1.82) is 0 Å². The van der Waals surface area contributed by atoms with Crippen LogP contribution in [0.2, 0.25) is 0 Å². The molecule has 3 fully saturated rings. The molecular formula is C50H48O14S. The fourth-order valence-corrected chi connectivity index (χ4v) is 8.78. The van der Waals surface area contributed by atoms with Gasteiger partial charge in [0.2, 0.25) is 0 Å². The molecule has 0 amide bonds. The van der Waals surface area contributed by atoms with Crippen molar-refractivity contribution in [3.8, 4) is 0 Å². The first-order chi connectivity index (χ1) is 31.8. The van der Waals surface area contributed by atoms with Crippen LogP contribution in [-0.2, 0) is 47.4 Å². The average Bonchev–Trinajstić information content (AvgIpc) is 3.36. The summed E-state index contributed by atoms with van der Waals surface area (Å²) < 4.78 is 63.8. The number of ether oxygens (including phenoxy) is 10. The molecule has 5 aromatic rings. The topological polar surface area (TPSA) is 161 Å². The van der Waals surface area contributed by atoms with Gasteiger partial charge < -0.3 is 47.4 Å². The Morgan fingerprint density at radius 2 is 1.03 bits per heavy atom. The molecule has 15 heteroatoms. The molecule has 8 rings (SSSR count). The van der Waals surface area contributed by atoms with E-state index in [-0.39, 0.29) is 24.3 Å². The molecule has 3 aliphatic heterocycles. The summed E-state index contributed by atoms with van der Waals surface area (Å²) in [5.74, 6) is -2.21. The zero-order valence-corrected chi connectivity index (χ0v) is 36.3. The van der Waals surface area contributed by atoms with Crippen LogP contribution in [0.3, 0.4) is 0 Å². The van der Waals surface area contributed by atoms with Crippen LogP contribution in [0.5, 0.6) is 0 Å². The fraction of sp³-hybridized carbons (Fsp3) is 0.320. The molecule has 0 N–H and O–H groups in total. The van der Waals surface area contributed by atoms with E-state index in [1.807, 2.05) is 37.3 Å². The van der Waals surface area contributed by atoms with Crippen molar-refractivity contribution in [3.05, 3.63) is 179 Å². The third-order valence-electron chi connectivity index (χ3n) is 11.0. The normalized spacial score (nSPS) is 27.3. The summed E-state index contributed by atoms with van der Waals surface area (Å²) in [6, 6.07) is 42.8. The van der Waals surface area contributed by atoms with Crippen LogP contribution in [0, 0.1) is 0 Å². The molecule has 65 heavy (non-hydrogen) atoms. The Balaban J connectivity index is 1.18. The Labute approximate surface area is 380 Å². The van der Waals surface area contributed by atoms with Crippen LogP contribution in [0.4, 0.5) is 0 Å². The molecule has 3 saturated heterocycles. The van der Waals surface area contributed by atoms with Gasteiger partial charge in [-0.05, 0) is 54.3 Å². The summed E-state index contributed by atoms with van der Waals surface area (Å²) in [5.41, 5.74) is 0.905.